The van der Waals surface area contributed by atoms with Crippen LogP contribution >= 0.6 is 11.8 Å². The van der Waals surface area contributed by atoms with E-state index in [-0.39, 0.29) is 0 Å². The predicted octanol–water partition coefficient (Wildman–Crippen LogP) is 2.44. The van der Waals surface area contributed by atoms with Gasteiger partial charge in [0.05, 0.1) is 0 Å². The van der Waals surface area contributed by atoms with Crippen LogP contribution in [0.4, 0.5) is 0 Å². The molecule has 0 radical (unpaired) electrons. The highest BCUT2D eigenvalue weighted by molar-refractivity contribution is 8.03. The quantitative estimate of drug-likeness (QED) is 0.527. The first-order valence-electron chi connectivity index (χ1n) is 3.22. The maximum absolute atomic E-state index is 5.36. The predicted molar refractivity (Wildman–Crippen MR) is 43.5 cm³/mol. The number of rotatable bonds is 0. The van der Waals surface area contributed by atoms with Crippen molar-refractivity contribution in [1.29, 1.82) is 0 Å². The number of allylic oxidation sites excluding steroid dienone is 3. The molecule has 0 spiro atoms. The van der Waals surface area contributed by atoms with E-state index in [2.05, 4.69) is 12.7 Å². The largest absolute Gasteiger partial charge is 0.481 e. The summed E-state index contributed by atoms with van der Waals surface area (Å²) in [4.78, 5) is 1.34. The Bertz CT molecular complexity index is 238. The van der Waals surface area contributed by atoms with Crippen molar-refractivity contribution in [3.63, 3.8) is 0 Å². The van der Waals surface area contributed by atoms with Gasteiger partial charge in [-0.25, -0.2) is 0 Å². The van der Waals surface area contributed by atoms with Gasteiger partial charge in [-0.3, -0.25) is 0 Å². The fourth-order valence-corrected chi connectivity index (χ4v) is 1.97. The third-order valence-corrected chi connectivity index (χ3v) is 2.54. The van der Waals surface area contributed by atoms with E-state index >= 15 is 0 Å². The summed E-state index contributed by atoms with van der Waals surface area (Å²) in [5.41, 5.74) is 1.02. The lowest BCUT2D eigenvalue weighted by Crippen LogP contribution is -1.91. The summed E-state index contributed by atoms with van der Waals surface area (Å²) in [6.07, 6.45) is 5.17. The third-order valence-electron chi connectivity index (χ3n) is 1.60. The van der Waals surface area contributed by atoms with Crippen LogP contribution < -0.4 is 0 Å². The molecule has 1 heterocycles. The van der Waals surface area contributed by atoms with Crippen molar-refractivity contribution in [2.75, 3.05) is 5.94 Å². The van der Waals surface area contributed by atoms with Crippen LogP contribution in [0.3, 0.4) is 0 Å². The first-order valence-corrected chi connectivity index (χ1v) is 4.21. The fourth-order valence-electron chi connectivity index (χ4n) is 1.11. The topological polar surface area (TPSA) is 9.23 Å². The average Bonchev–Trinajstić information content (AvgIpc) is 2.36. The summed E-state index contributed by atoms with van der Waals surface area (Å²) in [6.45, 7) is 3.87. The van der Waals surface area contributed by atoms with Gasteiger partial charge in [0, 0.05) is 16.9 Å². The first kappa shape index (κ1) is 6.10. The SMILES string of the molecule is C=C1C=CCC2=C1OCS2. The van der Waals surface area contributed by atoms with Gasteiger partial charge in [-0.05, 0) is 0 Å². The van der Waals surface area contributed by atoms with Gasteiger partial charge in [0.25, 0.3) is 0 Å². The molecule has 1 aliphatic heterocycles. The van der Waals surface area contributed by atoms with Crippen LogP contribution in [0.25, 0.3) is 0 Å². The second kappa shape index (κ2) is 2.20. The van der Waals surface area contributed by atoms with Gasteiger partial charge in [-0.15, -0.1) is 0 Å². The van der Waals surface area contributed by atoms with Gasteiger partial charge in [-0.2, -0.15) is 0 Å². The van der Waals surface area contributed by atoms with Gasteiger partial charge in [-0.1, -0.05) is 30.5 Å². The molecule has 10 heavy (non-hydrogen) atoms. The molecular weight excluding hydrogens is 144 g/mol. The van der Waals surface area contributed by atoms with Crippen molar-refractivity contribution in [1.82, 2.24) is 0 Å². The summed E-state index contributed by atoms with van der Waals surface area (Å²) < 4.78 is 5.36. The van der Waals surface area contributed by atoms with Crippen LogP contribution in [0.2, 0.25) is 0 Å². The molecule has 1 nitrogen and oxygen atoms in total. The number of ether oxygens (including phenoxy) is 1. The van der Waals surface area contributed by atoms with Gasteiger partial charge in [0.15, 0.2) is 0 Å². The lowest BCUT2D eigenvalue weighted by atomic mass is 10.1. The first-order chi connectivity index (χ1) is 4.88. The van der Waals surface area contributed by atoms with Crippen LogP contribution in [0.5, 0.6) is 0 Å². The monoisotopic (exact) mass is 152 g/mol. The third kappa shape index (κ3) is 0.797. The lowest BCUT2D eigenvalue weighted by molar-refractivity contribution is 0.290. The standard InChI is InChI=1S/C8H8OS/c1-6-3-2-4-7-8(6)9-5-10-7/h2-3H,1,4-5H2. The molecule has 2 rings (SSSR count). The molecule has 0 bridgehead atoms. The summed E-state index contributed by atoms with van der Waals surface area (Å²) in [7, 11) is 0. The Morgan fingerprint density at radius 1 is 1.60 bits per heavy atom. The highest BCUT2D eigenvalue weighted by atomic mass is 32.2. The Balaban J connectivity index is 2.35. The Morgan fingerprint density at radius 3 is 3.30 bits per heavy atom. The van der Waals surface area contributed by atoms with Crippen LogP contribution in [0.1, 0.15) is 6.42 Å². The summed E-state index contributed by atoms with van der Waals surface area (Å²) in [6, 6.07) is 0. The van der Waals surface area contributed by atoms with E-state index in [4.69, 9.17) is 4.74 Å². The minimum atomic E-state index is 0.769. The zero-order valence-corrected chi connectivity index (χ0v) is 6.41. The zero-order chi connectivity index (χ0) is 6.97. The van der Waals surface area contributed by atoms with Crippen LogP contribution in [-0.4, -0.2) is 5.94 Å². The van der Waals surface area contributed by atoms with Crippen molar-refractivity contribution in [2.24, 2.45) is 0 Å². The zero-order valence-electron chi connectivity index (χ0n) is 5.59. The van der Waals surface area contributed by atoms with E-state index in [1.165, 1.54) is 4.91 Å². The van der Waals surface area contributed by atoms with Crippen LogP contribution in [0.15, 0.2) is 35.0 Å². The molecule has 2 heteroatoms. The molecule has 0 atom stereocenters. The minimum absolute atomic E-state index is 0.769. The Kier molecular flexibility index (Phi) is 1.34. The molecule has 0 saturated carbocycles. The molecule has 1 aliphatic carbocycles. The molecule has 0 amide bonds. The Hall–Kier alpha value is -0.630. The van der Waals surface area contributed by atoms with Crippen molar-refractivity contribution >= 4 is 11.8 Å². The molecule has 0 N–H and O–H groups in total. The molecule has 0 aromatic carbocycles. The highest BCUT2D eigenvalue weighted by Gasteiger charge is 2.19. The van der Waals surface area contributed by atoms with E-state index in [0.717, 1.165) is 23.7 Å². The summed E-state index contributed by atoms with van der Waals surface area (Å²) in [5.74, 6) is 1.79. The maximum Gasteiger partial charge on any atom is 0.138 e. The van der Waals surface area contributed by atoms with Gasteiger partial charge in [0.1, 0.15) is 11.7 Å². The summed E-state index contributed by atoms with van der Waals surface area (Å²) in [5, 5.41) is 0. The Morgan fingerprint density at radius 2 is 2.50 bits per heavy atom. The second-order valence-electron chi connectivity index (χ2n) is 2.29. The van der Waals surface area contributed by atoms with Gasteiger partial charge >= 0.3 is 0 Å². The summed E-state index contributed by atoms with van der Waals surface area (Å²) >= 11 is 1.78. The van der Waals surface area contributed by atoms with E-state index in [1.54, 1.807) is 11.8 Å². The minimum Gasteiger partial charge on any atom is -0.481 e. The lowest BCUT2D eigenvalue weighted by Gasteiger charge is -2.07. The molecule has 0 unspecified atom stereocenters. The smallest absolute Gasteiger partial charge is 0.138 e. The van der Waals surface area contributed by atoms with Crippen LogP contribution in [-0.2, 0) is 4.74 Å². The second-order valence-corrected chi connectivity index (χ2v) is 3.31. The molecule has 0 saturated heterocycles. The highest BCUT2D eigenvalue weighted by Crippen LogP contribution is 2.38. The fraction of sp³-hybridized carbons (Fsp3) is 0.250. The van der Waals surface area contributed by atoms with E-state index in [0.29, 0.717) is 0 Å². The molecule has 0 aromatic heterocycles. The Labute approximate surface area is 64.5 Å². The molecule has 0 aromatic rings. The van der Waals surface area contributed by atoms with E-state index in [9.17, 15) is 0 Å². The van der Waals surface area contributed by atoms with Crippen molar-refractivity contribution in [3.8, 4) is 0 Å². The normalized spacial score (nSPS) is 23.0. The van der Waals surface area contributed by atoms with Crippen molar-refractivity contribution in [2.45, 2.75) is 6.42 Å². The van der Waals surface area contributed by atoms with Crippen LogP contribution in [0, 0.1) is 0 Å². The van der Waals surface area contributed by atoms with Gasteiger partial charge < -0.3 is 4.74 Å². The van der Waals surface area contributed by atoms with Gasteiger partial charge in [0.2, 0.25) is 0 Å². The van der Waals surface area contributed by atoms with E-state index in [1.807, 2.05) is 6.08 Å². The number of hydrogen-bond acceptors (Lipinski definition) is 2. The van der Waals surface area contributed by atoms with Crippen molar-refractivity contribution < 1.29 is 4.74 Å². The van der Waals surface area contributed by atoms with E-state index < -0.39 is 0 Å². The average molecular weight is 152 g/mol. The number of thioether (sulfide) groups is 1. The molecule has 52 valence electrons. The molecular formula is C8H8OS. The molecule has 2 aliphatic rings. The molecule has 0 fully saturated rings. The number of hydrogen-bond donors (Lipinski definition) is 0. The maximum atomic E-state index is 5.36. The van der Waals surface area contributed by atoms with Crippen molar-refractivity contribution in [3.05, 3.63) is 35.0 Å².